The largest absolute Gasteiger partial charge is 0.334 e. The summed E-state index contributed by atoms with van der Waals surface area (Å²) in [5.41, 5.74) is 2.79. The van der Waals surface area contributed by atoms with E-state index in [2.05, 4.69) is 15.7 Å². The minimum atomic E-state index is -0.258. The lowest BCUT2D eigenvalue weighted by atomic mass is 10.2. The maximum atomic E-state index is 12.1. The van der Waals surface area contributed by atoms with Crippen LogP contribution in [0.1, 0.15) is 11.3 Å². The van der Waals surface area contributed by atoms with Gasteiger partial charge in [0.15, 0.2) is 0 Å². The number of para-hydroxylation sites is 1. The van der Waals surface area contributed by atoms with Crippen LogP contribution in [-0.4, -0.2) is 15.8 Å². The van der Waals surface area contributed by atoms with E-state index < -0.39 is 0 Å². The van der Waals surface area contributed by atoms with Gasteiger partial charge >= 0.3 is 6.03 Å². The molecule has 0 atom stereocenters. The highest BCUT2D eigenvalue weighted by atomic mass is 16.2. The van der Waals surface area contributed by atoms with Gasteiger partial charge in [0.1, 0.15) is 5.82 Å². The van der Waals surface area contributed by atoms with Crippen LogP contribution in [0.4, 0.5) is 10.6 Å². The third kappa shape index (κ3) is 3.77. The number of rotatable bonds is 4. The van der Waals surface area contributed by atoms with Crippen molar-refractivity contribution in [3.8, 4) is 5.69 Å². The quantitative estimate of drug-likeness (QED) is 0.775. The van der Waals surface area contributed by atoms with E-state index in [4.69, 9.17) is 0 Å². The van der Waals surface area contributed by atoms with Gasteiger partial charge in [-0.25, -0.2) is 9.48 Å². The van der Waals surface area contributed by atoms with Gasteiger partial charge in [-0.2, -0.15) is 5.10 Å². The average molecular weight is 306 g/mol. The lowest BCUT2D eigenvalue weighted by molar-refractivity contribution is 0.251. The zero-order valence-corrected chi connectivity index (χ0v) is 12.9. The molecule has 5 heteroatoms. The van der Waals surface area contributed by atoms with E-state index in [9.17, 15) is 4.79 Å². The first kappa shape index (κ1) is 14.8. The van der Waals surface area contributed by atoms with Crippen molar-refractivity contribution in [2.45, 2.75) is 13.5 Å². The molecule has 2 amide bonds. The number of amides is 2. The first-order valence-electron chi connectivity index (χ1n) is 7.43. The van der Waals surface area contributed by atoms with Gasteiger partial charge in [0, 0.05) is 12.6 Å². The summed E-state index contributed by atoms with van der Waals surface area (Å²) < 4.78 is 1.72. The number of benzene rings is 2. The Labute approximate surface area is 135 Å². The zero-order chi connectivity index (χ0) is 16.1. The first-order valence-corrected chi connectivity index (χ1v) is 7.43. The maximum absolute atomic E-state index is 12.1. The maximum Gasteiger partial charge on any atom is 0.320 e. The van der Waals surface area contributed by atoms with Crippen molar-refractivity contribution in [2.24, 2.45) is 0 Å². The van der Waals surface area contributed by atoms with Crippen LogP contribution < -0.4 is 10.6 Å². The molecule has 1 aromatic heterocycles. The number of nitrogens with zero attached hydrogens (tertiary/aromatic N) is 2. The van der Waals surface area contributed by atoms with E-state index in [0.717, 1.165) is 16.9 Å². The normalized spacial score (nSPS) is 10.3. The Hall–Kier alpha value is -3.08. The van der Waals surface area contributed by atoms with Crippen molar-refractivity contribution in [1.29, 1.82) is 0 Å². The number of carbonyl (C=O) groups excluding carboxylic acids is 1. The van der Waals surface area contributed by atoms with Crippen molar-refractivity contribution in [2.75, 3.05) is 5.32 Å². The standard InChI is InChI=1S/C18H18N4O/c1-14-12-17(22(21-14)16-10-6-3-7-11-16)20-18(23)19-13-15-8-4-2-5-9-15/h2-12H,13H2,1H3,(H2,19,20,23). The van der Waals surface area contributed by atoms with E-state index in [1.54, 1.807) is 4.68 Å². The summed E-state index contributed by atoms with van der Waals surface area (Å²) in [5.74, 6) is 0.638. The van der Waals surface area contributed by atoms with Crippen molar-refractivity contribution in [1.82, 2.24) is 15.1 Å². The molecule has 0 unspecified atom stereocenters. The van der Waals surface area contributed by atoms with Gasteiger partial charge in [0.2, 0.25) is 0 Å². The van der Waals surface area contributed by atoms with Crippen molar-refractivity contribution < 1.29 is 4.79 Å². The predicted octanol–water partition coefficient (Wildman–Crippen LogP) is 3.50. The second kappa shape index (κ2) is 6.79. The molecule has 5 nitrogen and oxygen atoms in total. The second-order valence-corrected chi connectivity index (χ2v) is 5.21. The number of anilines is 1. The number of aromatic nitrogens is 2. The average Bonchev–Trinajstić information content (AvgIpc) is 2.95. The van der Waals surface area contributed by atoms with E-state index in [0.29, 0.717) is 12.4 Å². The Morgan fingerprint density at radius 2 is 1.70 bits per heavy atom. The van der Waals surface area contributed by atoms with Gasteiger partial charge in [-0.1, -0.05) is 48.5 Å². The Kier molecular flexibility index (Phi) is 4.38. The highest BCUT2D eigenvalue weighted by Gasteiger charge is 2.10. The number of aryl methyl sites for hydroxylation is 1. The molecule has 0 aliphatic rings. The molecule has 0 aliphatic carbocycles. The first-order chi connectivity index (χ1) is 11.2. The van der Waals surface area contributed by atoms with Gasteiger partial charge in [0.05, 0.1) is 11.4 Å². The summed E-state index contributed by atoms with van der Waals surface area (Å²) in [7, 11) is 0. The third-order valence-electron chi connectivity index (χ3n) is 3.37. The minimum absolute atomic E-state index is 0.258. The topological polar surface area (TPSA) is 59.0 Å². The van der Waals surface area contributed by atoms with Crippen molar-refractivity contribution in [3.63, 3.8) is 0 Å². The summed E-state index contributed by atoms with van der Waals surface area (Å²) in [6.45, 7) is 2.37. The van der Waals surface area contributed by atoms with Gasteiger partial charge < -0.3 is 5.32 Å². The summed E-state index contributed by atoms with van der Waals surface area (Å²) in [4.78, 5) is 12.1. The summed E-state index contributed by atoms with van der Waals surface area (Å²) >= 11 is 0. The smallest absolute Gasteiger partial charge is 0.320 e. The highest BCUT2D eigenvalue weighted by molar-refractivity contribution is 5.88. The lowest BCUT2D eigenvalue weighted by Gasteiger charge is -2.10. The minimum Gasteiger partial charge on any atom is -0.334 e. The molecule has 0 radical (unpaired) electrons. The molecule has 2 aromatic carbocycles. The highest BCUT2D eigenvalue weighted by Crippen LogP contribution is 2.16. The van der Waals surface area contributed by atoms with Crippen molar-refractivity contribution in [3.05, 3.63) is 78.0 Å². The molecule has 3 rings (SSSR count). The Morgan fingerprint density at radius 1 is 1.04 bits per heavy atom. The van der Waals surface area contributed by atoms with Crippen LogP contribution in [0, 0.1) is 6.92 Å². The molecule has 0 bridgehead atoms. The summed E-state index contributed by atoms with van der Waals surface area (Å²) in [6, 6.07) is 21.1. The lowest BCUT2D eigenvalue weighted by Crippen LogP contribution is -2.29. The monoisotopic (exact) mass is 306 g/mol. The predicted molar refractivity (Wildman–Crippen MR) is 90.6 cm³/mol. The molecule has 2 N–H and O–H groups in total. The van der Waals surface area contributed by atoms with Crippen LogP contribution in [-0.2, 0) is 6.54 Å². The number of carbonyl (C=O) groups is 1. The van der Waals surface area contributed by atoms with E-state index in [1.165, 1.54) is 0 Å². The molecule has 1 heterocycles. The number of nitrogens with one attached hydrogen (secondary N) is 2. The molecule has 0 spiro atoms. The Morgan fingerprint density at radius 3 is 2.39 bits per heavy atom. The Balaban J connectivity index is 1.69. The fraction of sp³-hybridized carbons (Fsp3) is 0.111. The molecule has 0 fully saturated rings. The number of hydrogen-bond acceptors (Lipinski definition) is 2. The van der Waals surface area contributed by atoms with Crippen LogP contribution in [0.25, 0.3) is 5.69 Å². The third-order valence-corrected chi connectivity index (χ3v) is 3.37. The molecule has 23 heavy (non-hydrogen) atoms. The molecular formula is C18H18N4O. The van der Waals surface area contributed by atoms with Crippen LogP contribution >= 0.6 is 0 Å². The van der Waals surface area contributed by atoms with Crippen LogP contribution in [0.5, 0.6) is 0 Å². The van der Waals surface area contributed by atoms with E-state index in [1.807, 2.05) is 73.7 Å². The number of hydrogen-bond donors (Lipinski definition) is 2. The SMILES string of the molecule is Cc1cc(NC(=O)NCc2ccccc2)n(-c2ccccc2)n1. The van der Waals surface area contributed by atoms with Crippen LogP contribution in [0.15, 0.2) is 66.7 Å². The fourth-order valence-electron chi connectivity index (χ4n) is 2.29. The molecule has 116 valence electrons. The van der Waals surface area contributed by atoms with Gasteiger partial charge in [-0.05, 0) is 24.6 Å². The van der Waals surface area contributed by atoms with E-state index in [-0.39, 0.29) is 6.03 Å². The molecule has 3 aromatic rings. The molecule has 0 aliphatic heterocycles. The van der Waals surface area contributed by atoms with Gasteiger partial charge in [-0.15, -0.1) is 0 Å². The molecule has 0 saturated heterocycles. The second-order valence-electron chi connectivity index (χ2n) is 5.21. The summed E-state index contributed by atoms with van der Waals surface area (Å²) in [6.07, 6.45) is 0. The fourth-order valence-corrected chi connectivity index (χ4v) is 2.29. The van der Waals surface area contributed by atoms with Crippen LogP contribution in [0.3, 0.4) is 0 Å². The summed E-state index contributed by atoms with van der Waals surface area (Å²) in [5, 5.41) is 10.1. The van der Waals surface area contributed by atoms with Gasteiger partial charge in [-0.3, -0.25) is 5.32 Å². The molecule has 0 saturated carbocycles. The zero-order valence-electron chi connectivity index (χ0n) is 12.9. The van der Waals surface area contributed by atoms with Gasteiger partial charge in [0.25, 0.3) is 0 Å². The number of urea groups is 1. The van der Waals surface area contributed by atoms with Crippen LogP contribution in [0.2, 0.25) is 0 Å². The molecular weight excluding hydrogens is 288 g/mol. The van der Waals surface area contributed by atoms with Crippen molar-refractivity contribution >= 4 is 11.8 Å². The Bertz CT molecular complexity index is 781. The van der Waals surface area contributed by atoms with E-state index >= 15 is 0 Å².